The minimum absolute atomic E-state index is 0.0499. The van der Waals surface area contributed by atoms with Crippen LogP contribution in [-0.2, 0) is 9.59 Å². The molecule has 0 saturated carbocycles. The number of nitrogens with one attached hydrogen (secondary N) is 1. The number of carbonyl (C=O) groups is 2. The van der Waals surface area contributed by atoms with E-state index in [1.165, 1.54) is 19.1 Å². The van der Waals surface area contributed by atoms with Gasteiger partial charge in [-0.05, 0) is 60.7 Å². The quantitative estimate of drug-likeness (QED) is 0.623. The fraction of sp³-hybridized carbons (Fsp3) is 0.250. The van der Waals surface area contributed by atoms with Crippen molar-refractivity contribution in [3.8, 4) is 17.0 Å². The molecule has 9 heteroatoms. The van der Waals surface area contributed by atoms with E-state index in [0.717, 1.165) is 11.4 Å². The molecule has 1 aliphatic heterocycles. The lowest BCUT2D eigenvalue weighted by atomic mass is 10.1. The van der Waals surface area contributed by atoms with Crippen molar-refractivity contribution in [2.75, 3.05) is 43.0 Å². The molecule has 8 nitrogen and oxygen atoms in total. The Bertz CT molecular complexity index is 1100. The van der Waals surface area contributed by atoms with E-state index in [1.807, 2.05) is 12.1 Å². The molecule has 1 saturated heterocycles. The normalized spacial score (nSPS) is 13.5. The number of aromatic nitrogens is 2. The highest BCUT2D eigenvalue weighted by molar-refractivity contribution is 5.88. The Hall–Kier alpha value is -4.01. The maximum atomic E-state index is 13.1. The van der Waals surface area contributed by atoms with Gasteiger partial charge in [0, 0.05) is 44.4 Å². The van der Waals surface area contributed by atoms with E-state index in [2.05, 4.69) is 20.4 Å². The number of amides is 2. The molecule has 0 atom stereocenters. The number of nitrogens with zero attached hydrogens (tertiary/aromatic N) is 4. The Morgan fingerprint density at radius 2 is 1.64 bits per heavy atom. The number of halogens is 1. The number of rotatable bonds is 6. The number of anilines is 2. The van der Waals surface area contributed by atoms with E-state index in [-0.39, 0.29) is 24.2 Å². The summed E-state index contributed by atoms with van der Waals surface area (Å²) in [5.41, 5.74) is 2.15. The summed E-state index contributed by atoms with van der Waals surface area (Å²) in [4.78, 5) is 27.4. The van der Waals surface area contributed by atoms with E-state index in [9.17, 15) is 14.0 Å². The zero-order valence-electron chi connectivity index (χ0n) is 18.2. The van der Waals surface area contributed by atoms with E-state index in [1.54, 1.807) is 41.3 Å². The van der Waals surface area contributed by atoms with Crippen molar-refractivity contribution < 1.29 is 18.7 Å². The second-order valence-electron chi connectivity index (χ2n) is 7.65. The summed E-state index contributed by atoms with van der Waals surface area (Å²) in [6, 6.07) is 16.7. The summed E-state index contributed by atoms with van der Waals surface area (Å²) in [7, 11) is 0. The number of benzene rings is 2. The summed E-state index contributed by atoms with van der Waals surface area (Å²) < 4.78 is 18.7. The minimum atomic E-state index is -0.291. The smallest absolute Gasteiger partial charge is 0.260 e. The molecule has 2 amide bonds. The standard InChI is InChI=1S/C24H24FN5O3/c1-17(31)26-20-6-8-21(9-7-20)33-16-24(32)30-14-12-29(13-15-30)23-11-10-22(27-28-23)18-2-4-19(25)5-3-18/h2-11H,12-16H2,1H3,(H,26,31). The lowest BCUT2D eigenvalue weighted by Crippen LogP contribution is -2.50. The zero-order valence-corrected chi connectivity index (χ0v) is 18.2. The predicted molar refractivity (Wildman–Crippen MR) is 122 cm³/mol. The molecule has 0 bridgehead atoms. The van der Waals surface area contributed by atoms with Crippen LogP contribution in [0.4, 0.5) is 15.9 Å². The van der Waals surface area contributed by atoms with Gasteiger partial charge in [0.05, 0.1) is 5.69 Å². The van der Waals surface area contributed by atoms with E-state index in [0.29, 0.717) is 43.3 Å². The van der Waals surface area contributed by atoms with Crippen molar-refractivity contribution in [2.24, 2.45) is 0 Å². The van der Waals surface area contributed by atoms with Gasteiger partial charge < -0.3 is 19.9 Å². The topological polar surface area (TPSA) is 87.7 Å². The number of piperazine rings is 1. The van der Waals surface area contributed by atoms with Crippen LogP contribution in [0.2, 0.25) is 0 Å². The molecule has 2 aromatic carbocycles. The summed E-state index contributed by atoms with van der Waals surface area (Å²) in [6.45, 7) is 3.80. The molecule has 0 spiro atoms. The maximum Gasteiger partial charge on any atom is 0.260 e. The average molecular weight is 449 g/mol. The van der Waals surface area contributed by atoms with Crippen LogP contribution in [0.5, 0.6) is 5.75 Å². The lowest BCUT2D eigenvalue weighted by Gasteiger charge is -2.35. The molecule has 4 rings (SSSR count). The van der Waals surface area contributed by atoms with Gasteiger partial charge in [-0.25, -0.2) is 4.39 Å². The van der Waals surface area contributed by atoms with Gasteiger partial charge in [0.2, 0.25) is 5.91 Å². The monoisotopic (exact) mass is 449 g/mol. The molecular formula is C24H24FN5O3. The molecule has 1 aliphatic rings. The second kappa shape index (κ2) is 10.1. The maximum absolute atomic E-state index is 13.1. The highest BCUT2D eigenvalue weighted by Gasteiger charge is 2.22. The second-order valence-corrected chi connectivity index (χ2v) is 7.65. The first-order valence-corrected chi connectivity index (χ1v) is 10.6. The van der Waals surface area contributed by atoms with Crippen molar-refractivity contribution in [3.05, 3.63) is 66.5 Å². The van der Waals surface area contributed by atoms with Crippen LogP contribution in [0.3, 0.4) is 0 Å². The minimum Gasteiger partial charge on any atom is -0.484 e. The Morgan fingerprint density at radius 3 is 2.24 bits per heavy atom. The third-order valence-electron chi connectivity index (χ3n) is 5.28. The Labute approximate surface area is 191 Å². The van der Waals surface area contributed by atoms with Gasteiger partial charge in [-0.2, -0.15) is 0 Å². The molecule has 2 heterocycles. The van der Waals surface area contributed by atoms with Gasteiger partial charge in [0.15, 0.2) is 12.4 Å². The van der Waals surface area contributed by atoms with Gasteiger partial charge in [0.25, 0.3) is 5.91 Å². The molecular weight excluding hydrogens is 425 g/mol. The van der Waals surface area contributed by atoms with Crippen LogP contribution in [0.15, 0.2) is 60.7 Å². The van der Waals surface area contributed by atoms with Crippen LogP contribution in [0.1, 0.15) is 6.92 Å². The largest absolute Gasteiger partial charge is 0.484 e. The van der Waals surface area contributed by atoms with Gasteiger partial charge in [0.1, 0.15) is 11.6 Å². The highest BCUT2D eigenvalue weighted by Crippen LogP contribution is 2.20. The van der Waals surface area contributed by atoms with Crippen molar-refractivity contribution in [1.82, 2.24) is 15.1 Å². The van der Waals surface area contributed by atoms with Crippen LogP contribution in [0.25, 0.3) is 11.3 Å². The third-order valence-corrected chi connectivity index (χ3v) is 5.28. The first-order chi connectivity index (χ1) is 16.0. The molecule has 0 aliphatic carbocycles. The number of ether oxygens (including phenoxy) is 1. The summed E-state index contributed by atoms with van der Waals surface area (Å²) in [5.74, 6) is 0.781. The van der Waals surface area contributed by atoms with Crippen molar-refractivity contribution >= 4 is 23.3 Å². The third kappa shape index (κ3) is 5.82. The molecule has 33 heavy (non-hydrogen) atoms. The fourth-order valence-electron chi connectivity index (χ4n) is 3.53. The fourth-order valence-corrected chi connectivity index (χ4v) is 3.53. The van der Waals surface area contributed by atoms with Crippen LogP contribution in [-0.4, -0.2) is 59.7 Å². The first kappa shape index (κ1) is 22.2. The van der Waals surface area contributed by atoms with E-state index >= 15 is 0 Å². The molecule has 1 N–H and O–H groups in total. The van der Waals surface area contributed by atoms with E-state index < -0.39 is 0 Å². The van der Waals surface area contributed by atoms with Crippen LogP contribution in [0, 0.1) is 5.82 Å². The molecule has 1 fully saturated rings. The van der Waals surface area contributed by atoms with Crippen molar-refractivity contribution in [1.29, 1.82) is 0 Å². The number of carbonyl (C=O) groups excluding carboxylic acids is 2. The Kier molecular flexibility index (Phi) is 6.77. The summed E-state index contributed by atoms with van der Waals surface area (Å²) in [5, 5.41) is 11.2. The molecule has 1 aromatic heterocycles. The van der Waals surface area contributed by atoms with Crippen molar-refractivity contribution in [3.63, 3.8) is 0 Å². The first-order valence-electron chi connectivity index (χ1n) is 10.6. The van der Waals surface area contributed by atoms with Gasteiger partial charge in [-0.3, -0.25) is 9.59 Å². The number of hydrogen-bond acceptors (Lipinski definition) is 6. The Balaban J connectivity index is 1.25. The van der Waals surface area contributed by atoms with Crippen LogP contribution < -0.4 is 15.0 Å². The van der Waals surface area contributed by atoms with Gasteiger partial charge in [-0.1, -0.05) is 0 Å². The summed E-state index contributed by atoms with van der Waals surface area (Å²) in [6.07, 6.45) is 0. The molecule has 0 unspecified atom stereocenters. The zero-order chi connectivity index (χ0) is 23.2. The lowest BCUT2D eigenvalue weighted by molar-refractivity contribution is -0.133. The Morgan fingerprint density at radius 1 is 0.939 bits per heavy atom. The highest BCUT2D eigenvalue weighted by atomic mass is 19.1. The molecule has 3 aromatic rings. The predicted octanol–water partition coefficient (Wildman–Crippen LogP) is 2.97. The molecule has 170 valence electrons. The van der Waals surface area contributed by atoms with E-state index in [4.69, 9.17) is 4.74 Å². The van der Waals surface area contributed by atoms with Crippen LogP contribution >= 0.6 is 0 Å². The SMILES string of the molecule is CC(=O)Nc1ccc(OCC(=O)N2CCN(c3ccc(-c4ccc(F)cc4)nn3)CC2)cc1. The van der Waals surface area contributed by atoms with Gasteiger partial charge in [-0.15, -0.1) is 10.2 Å². The summed E-state index contributed by atoms with van der Waals surface area (Å²) >= 11 is 0. The number of hydrogen-bond donors (Lipinski definition) is 1. The van der Waals surface area contributed by atoms with Crippen molar-refractivity contribution in [2.45, 2.75) is 6.92 Å². The average Bonchev–Trinajstić information content (AvgIpc) is 2.84. The van der Waals surface area contributed by atoms with Gasteiger partial charge >= 0.3 is 0 Å². The molecule has 0 radical (unpaired) electrons.